The summed E-state index contributed by atoms with van der Waals surface area (Å²) in [6, 6.07) is 17.7. The summed E-state index contributed by atoms with van der Waals surface area (Å²) in [5.74, 6) is -0.669. The van der Waals surface area contributed by atoms with Crippen LogP contribution < -0.4 is 9.73 Å². The molecule has 1 amide bonds. The molecular weight excluding hydrogens is 614 g/mol. The van der Waals surface area contributed by atoms with E-state index in [9.17, 15) is 13.2 Å². The summed E-state index contributed by atoms with van der Waals surface area (Å²) < 4.78 is 30.0. The van der Waals surface area contributed by atoms with Crippen molar-refractivity contribution in [3.63, 3.8) is 0 Å². The second kappa shape index (κ2) is 12.2. The molecule has 4 aromatic rings. The minimum atomic E-state index is -4.15. The van der Waals surface area contributed by atoms with E-state index in [-0.39, 0.29) is 20.6 Å². The highest BCUT2D eigenvalue weighted by molar-refractivity contribution is 7.92. The molecule has 12 heteroatoms. The number of hydrogen-bond acceptors (Lipinski definition) is 4. The number of benzene rings is 3. The Balaban J connectivity index is 1.58. The fourth-order valence-electron chi connectivity index (χ4n) is 4.13. The Hall–Kier alpha value is -3.01. The third-order valence-electron chi connectivity index (χ3n) is 6.05. The average Bonchev–Trinajstić information content (AvgIpc) is 3.15. The number of nitrogens with one attached hydrogen (secondary N) is 1. The molecule has 1 N–H and O–H groups in total. The maximum atomic E-state index is 13.6. The van der Waals surface area contributed by atoms with Crippen molar-refractivity contribution in [3.05, 3.63) is 109 Å². The lowest BCUT2D eigenvalue weighted by molar-refractivity contribution is -0.119. The lowest BCUT2D eigenvalue weighted by atomic mass is 10.2. The Bertz CT molecular complexity index is 1700. The number of aromatic nitrogens is 1. The van der Waals surface area contributed by atoms with Gasteiger partial charge < -0.3 is 4.57 Å². The van der Waals surface area contributed by atoms with Crippen molar-refractivity contribution in [1.82, 2.24) is 9.99 Å². The van der Waals surface area contributed by atoms with Crippen molar-refractivity contribution in [2.45, 2.75) is 25.7 Å². The third-order valence-corrected chi connectivity index (χ3v) is 8.81. The molecule has 0 radical (unpaired) electrons. The first-order valence-electron chi connectivity index (χ1n) is 11.9. The predicted octanol–water partition coefficient (Wildman–Crippen LogP) is 7.36. The number of carbonyl (C=O) groups excluding carboxylic acids is 1. The first kappa shape index (κ1) is 30.0. The predicted molar refractivity (Wildman–Crippen MR) is 163 cm³/mol. The van der Waals surface area contributed by atoms with Crippen molar-refractivity contribution in [3.8, 4) is 5.69 Å². The maximum absolute atomic E-state index is 13.6. The second-order valence-electron chi connectivity index (χ2n) is 9.00. The lowest BCUT2D eigenvalue weighted by Crippen LogP contribution is -2.39. The maximum Gasteiger partial charge on any atom is 0.264 e. The largest absolute Gasteiger partial charge is 0.316 e. The number of hydrazone groups is 1. The monoisotopic (exact) mass is 636 g/mol. The van der Waals surface area contributed by atoms with Crippen LogP contribution in [0.25, 0.3) is 5.69 Å². The van der Waals surface area contributed by atoms with Gasteiger partial charge in [-0.2, -0.15) is 5.10 Å². The highest BCUT2D eigenvalue weighted by Crippen LogP contribution is 2.30. The van der Waals surface area contributed by atoms with Crippen LogP contribution in [0.5, 0.6) is 0 Å². The van der Waals surface area contributed by atoms with Gasteiger partial charge in [0.05, 0.1) is 27.5 Å². The molecule has 0 aliphatic carbocycles. The lowest BCUT2D eigenvalue weighted by Gasteiger charge is -2.24. The van der Waals surface area contributed by atoms with Crippen LogP contribution in [0.4, 0.5) is 5.69 Å². The summed E-state index contributed by atoms with van der Waals surface area (Å²) >= 11 is 24.7. The van der Waals surface area contributed by atoms with Gasteiger partial charge in [0, 0.05) is 32.0 Å². The van der Waals surface area contributed by atoms with Crippen molar-refractivity contribution in [2.24, 2.45) is 5.10 Å². The SMILES string of the molecule is Cc1ccc(S(=O)(=O)N(CC(=O)N/N=C\c2cc(C)n(-c3ccc(Cl)cc3Cl)c2C)c2cc(Cl)cc(Cl)c2)cc1. The van der Waals surface area contributed by atoms with Gasteiger partial charge in [0.25, 0.3) is 15.9 Å². The molecule has 0 unspecified atom stereocenters. The highest BCUT2D eigenvalue weighted by atomic mass is 35.5. The average molecular weight is 638 g/mol. The van der Waals surface area contributed by atoms with Gasteiger partial charge in [-0.3, -0.25) is 9.10 Å². The molecule has 40 heavy (non-hydrogen) atoms. The van der Waals surface area contributed by atoms with E-state index < -0.39 is 22.5 Å². The van der Waals surface area contributed by atoms with Crippen molar-refractivity contribution in [1.29, 1.82) is 0 Å². The molecule has 7 nitrogen and oxygen atoms in total. The zero-order valence-corrected chi connectivity index (χ0v) is 25.5. The molecule has 1 heterocycles. The normalized spacial score (nSPS) is 11.7. The molecule has 0 atom stereocenters. The van der Waals surface area contributed by atoms with Gasteiger partial charge in [0.2, 0.25) is 0 Å². The number of amides is 1. The Morgan fingerprint density at radius 2 is 1.55 bits per heavy atom. The standard InChI is InChI=1S/C28H24Cl4N4O3S/c1-17-4-7-25(8-5-17)40(38,39)35(24-12-22(30)11-23(31)13-24)16-28(37)34-33-15-20-10-18(2)36(19(20)3)27-9-6-21(29)14-26(27)32/h4-15H,16H2,1-3H3,(H,34,37)/b33-15-. The molecule has 3 aromatic carbocycles. The Morgan fingerprint density at radius 1 is 0.900 bits per heavy atom. The quantitative estimate of drug-likeness (QED) is 0.162. The Kier molecular flexibility index (Phi) is 9.17. The van der Waals surface area contributed by atoms with Gasteiger partial charge in [-0.25, -0.2) is 13.8 Å². The molecule has 1 aromatic heterocycles. The van der Waals surface area contributed by atoms with E-state index >= 15 is 0 Å². The smallest absolute Gasteiger partial charge is 0.264 e. The van der Waals surface area contributed by atoms with E-state index in [2.05, 4.69) is 10.5 Å². The molecule has 0 fully saturated rings. The summed E-state index contributed by atoms with van der Waals surface area (Å²) in [6.07, 6.45) is 1.48. The summed E-state index contributed by atoms with van der Waals surface area (Å²) in [5.41, 5.74) is 6.65. The van der Waals surface area contributed by atoms with E-state index in [1.54, 1.807) is 24.3 Å². The summed E-state index contributed by atoms with van der Waals surface area (Å²) in [7, 11) is -4.15. The molecule has 4 rings (SSSR count). The van der Waals surface area contributed by atoms with Crippen LogP contribution in [-0.4, -0.2) is 31.7 Å². The number of halogens is 4. The van der Waals surface area contributed by atoms with Gasteiger partial charge in [-0.05, 0) is 75.4 Å². The van der Waals surface area contributed by atoms with Crippen LogP contribution >= 0.6 is 46.4 Å². The number of hydrogen-bond donors (Lipinski definition) is 1. The first-order chi connectivity index (χ1) is 18.9. The van der Waals surface area contributed by atoms with E-state index in [0.717, 1.165) is 32.5 Å². The zero-order chi connectivity index (χ0) is 29.2. The Labute approximate surface area is 253 Å². The van der Waals surface area contributed by atoms with Crippen molar-refractivity contribution >= 4 is 74.2 Å². The van der Waals surface area contributed by atoms with Crippen molar-refractivity contribution < 1.29 is 13.2 Å². The van der Waals surface area contributed by atoms with Crippen LogP contribution in [0.3, 0.4) is 0 Å². The molecule has 0 spiro atoms. The molecule has 0 saturated carbocycles. The first-order valence-corrected chi connectivity index (χ1v) is 14.8. The topological polar surface area (TPSA) is 83.8 Å². The Morgan fingerprint density at radius 3 is 2.17 bits per heavy atom. The van der Waals surface area contributed by atoms with Gasteiger partial charge >= 0.3 is 0 Å². The molecule has 0 aliphatic rings. The van der Waals surface area contributed by atoms with Gasteiger partial charge in [0.1, 0.15) is 6.54 Å². The molecule has 208 valence electrons. The van der Waals surface area contributed by atoms with Crippen LogP contribution in [-0.2, 0) is 14.8 Å². The van der Waals surface area contributed by atoms with Crippen LogP contribution in [0.15, 0.2) is 76.7 Å². The summed E-state index contributed by atoms with van der Waals surface area (Å²) in [6.45, 7) is 5.08. The number of anilines is 1. The number of rotatable bonds is 8. The van der Waals surface area contributed by atoms with Gasteiger partial charge in [-0.1, -0.05) is 64.1 Å². The third kappa shape index (κ3) is 6.65. The van der Waals surface area contributed by atoms with E-state index in [1.807, 2.05) is 37.5 Å². The minimum absolute atomic E-state index is 0.0128. The molecule has 0 bridgehead atoms. The van der Waals surface area contributed by atoms with Gasteiger partial charge in [0.15, 0.2) is 0 Å². The number of sulfonamides is 1. The van der Waals surface area contributed by atoms with E-state index in [4.69, 9.17) is 46.4 Å². The number of aryl methyl sites for hydroxylation is 2. The van der Waals surface area contributed by atoms with E-state index in [1.165, 1.54) is 36.5 Å². The number of carbonyl (C=O) groups is 1. The highest BCUT2D eigenvalue weighted by Gasteiger charge is 2.28. The molecule has 0 saturated heterocycles. The summed E-state index contributed by atoms with van der Waals surface area (Å²) in [5, 5.41) is 5.53. The second-order valence-corrected chi connectivity index (χ2v) is 12.6. The fourth-order valence-corrected chi connectivity index (χ4v) is 6.54. The van der Waals surface area contributed by atoms with Gasteiger partial charge in [-0.15, -0.1) is 0 Å². The molecular formula is C28H24Cl4N4O3S. The zero-order valence-electron chi connectivity index (χ0n) is 21.6. The van der Waals surface area contributed by atoms with E-state index in [0.29, 0.717) is 10.0 Å². The fraction of sp³-hybridized carbons (Fsp3) is 0.143. The van der Waals surface area contributed by atoms with Crippen LogP contribution in [0.2, 0.25) is 20.1 Å². The molecule has 0 aliphatic heterocycles. The van der Waals surface area contributed by atoms with Crippen molar-refractivity contribution in [2.75, 3.05) is 10.8 Å². The number of nitrogens with zero attached hydrogens (tertiary/aromatic N) is 3. The van der Waals surface area contributed by atoms with Crippen LogP contribution in [0, 0.1) is 20.8 Å². The summed E-state index contributed by atoms with van der Waals surface area (Å²) in [4.78, 5) is 13.0. The minimum Gasteiger partial charge on any atom is -0.316 e. The van der Waals surface area contributed by atoms with Crippen LogP contribution in [0.1, 0.15) is 22.5 Å².